The molecule has 0 bridgehead atoms. The van der Waals surface area contributed by atoms with Crippen LogP contribution < -0.4 is 5.43 Å². The zero-order valence-electron chi connectivity index (χ0n) is 8.15. The molecule has 1 N–H and O–H groups in total. The van der Waals surface area contributed by atoms with Gasteiger partial charge in [0.05, 0.1) is 0 Å². The lowest BCUT2D eigenvalue weighted by Gasteiger charge is -2.11. The summed E-state index contributed by atoms with van der Waals surface area (Å²) in [5.41, 5.74) is 4.34. The van der Waals surface area contributed by atoms with Crippen LogP contribution in [0.2, 0.25) is 0 Å². The molecule has 1 aliphatic heterocycles. The molecule has 0 spiro atoms. The van der Waals surface area contributed by atoms with Crippen molar-refractivity contribution in [2.24, 2.45) is 5.92 Å². The third-order valence-electron chi connectivity index (χ3n) is 1.63. The van der Waals surface area contributed by atoms with E-state index in [1.54, 1.807) is 0 Å². The first kappa shape index (κ1) is 10.5. The molecule has 0 aliphatic carbocycles. The second-order valence-electron chi connectivity index (χ2n) is 3.02. The third kappa shape index (κ3) is 3.42. The Bertz CT molecular complexity index is 109. The number of hydrogen-bond donors (Lipinski definition) is 1. The fraction of sp³-hybridized carbons (Fsp3) is 0.778. The van der Waals surface area contributed by atoms with Crippen LogP contribution in [0.1, 0.15) is 27.2 Å². The lowest BCUT2D eigenvalue weighted by molar-refractivity contribution is 0.365. The van der Waals surface area contributed by atoms with E-state index < -0.39 is 0 Å². The van der Waals surface area contributed by atoms with Gasteiger partial charge in [-0.05, 0) is 0 Å². The van der Waals surface area contributed by atoms with E-state index >= 15 is 0 Å². The molecule has 0 amide bonds. The normalized spacial score (nSPS) is 23.1. The fourth-order valence-corrected chi connectivity index (χ4v) is 0.824. The van der Waals surface area contributed by atoms with E-state index in [2.05, 4.69) is 32.8 Å². The summed E-state index contributed by atoms with van der Waals surface area (Å²) in [4.78, 5) is 0. The van der Waals surface area contributed by atoms with E-state index in [0.717, 1.165) is 6.54 Å². The second kappa shape index (κ2) is 5.19. The Labute approximate surface area is 70.2 Å². The molecule has 1 aliphatic rings. The third-order valence-corrected chi connectivity index (χ3v) is 1.63. The first-order chi connectivity index (χ1) is 5.13. The van der Waals surface area contributed by atoms with Gasteiger partial charge in [0.15, 0.2) is 0 Å². The number of rotatable bonds is 0. The highest BCUT2D eigenvalue weighted by molar-refractivity contribution is 5.01. The lowest BCUT2D eigenvalue weighted by atomic mass is 10.1. The van der Waals surface area contributed by atoms with Crippen molar-refractivity contribution in [2.75, 3.05) is 13.6 Å². The van der Waals surface area contributed by atoms with Crippen molar-refractivity contribution < 1.29 is 0 Å². The highest BCUT2D eigenvalue weighted by atomic mass is 15.5. The van der Waals surface area contributed by atoms with Gasteiger partial charge < -0.3 is 5.01 Å². The van der Waals surface area contributed by atoms with Crippen molar-refractivity contribution in [3.63, 3.8) is 0 Å². The highest BCUT2D eigenvalue weighted by Gasteiger charge is 2.17. The van der Waals surface area contributed by atoms with Gasteiger partial charge in [-0.3, -0.25) is 0 Å². The quantitative estimate of drug-likeness (QED) is 0.577. The molecule has 1 fully saturated rings. The zero-order chi connectivity index (χ0) is 8.85. The second-order valence-corrected chi connectivity index (χ2v) is 3.02. The molecule has 0 radical (unpaired) electrons. The predicted octanol–water partition coefficient (Wildman–Crippen LogP) is 2.00. The molecule has 11 heavy (non-hydrogen) atoms. The summed E-state index contributed by atoms with van der Waals surface area (Å²) in [6, 6.07) is 0. The molecular formula is C9H20N2. The van der Waals surface area contributed by atoms with Crippen LogP contribution in [0.3, 0.4) is 0 Å². The van der Waals surface area contributed by atoms with Gasteiger partial charge in [-0.25, -0.2) is 5.43 Å². The van der Waals surface area contributed by atoms with E-state index in [0.29, 0.717) is 5.92 Å². The van der Waals surface area contributed by atoms with Crippen LogP contribution >= 0.6 is 0 Å². The Kier molecular flexibility index (Phi) is 4.95. The van der Waals surface area contributed by atoms with Gasteiger partial charge in [-0.15, -0.1) is 0 Å². The Morgan fingerprint density at radius 1 is 1.64 bits per heavy atom. The van der Waals surface area contributed by atoms with E-state index in [9.17, 15) is 0 Å². The van der Waals surface area contributed by atoms with Crippen molar-refractivity contribution in [1.29, 1.82) is 0 Å². The van der Waals surface area contributed by atoms with Gasteiger partial charge in [-0.2, -0.15) is 0 Å². The number of nitrogens with zero attached hydrogens (tertiary/aromatic N) is 1. The summed E-state index contributed by atoms with van der Waals surface area (Å²) in [5.74, 6) is 0.611. The van der Waals surface area contributed by atoms with E-state index in [1.807, 2.05) is 12.1 Å². The van der Waals surface area contributed by atoms with Crippen molar-refractivity contribution in [3.8, 4) is 0 Å². The van der Waals surface area contributed by atoms with Crippen molar-refractivity contribution in [1.82, 2.24) is 10.4 Å². The maximum absolute atomic E-state index is 3.88. The molecule has 2 heteroatoms. The fourth-order valence-electron chi connectivity index (χ4n) is 0.824. The number of hydrazine groups is 1. The maximum Gasteiger partial charge on any atom is 0.0260 e. The molecule has 1 rings (SSSR count). The summed E-state index contributed by atoms with van der Waals surface area (Å²) < 4.78 is 0. The van der Waals surface area contributed by atoms with Crippen LogP contribution in [0.25, 0.3) is 0 Å². The van der Waals surface area contributed by atoms with Crippen LogP contribution in [-0.2, 0) is 0 Å². The van der Waals surface area contributed by atoms with E-state index in [-0.39, 0.29) is 0 Å². The Morgan fingerprint density at radius 3 is 2.18 bits per heavy atom. The summed E-state index contributed by atoms with van der Waals surface area (Å²) in [6.45, 7) is 11.3. The number of nitrogens with one attached hydrogen (secondary N) is 1. The van der Waals surface area contributed by atoms with Gasteiger partial charge in [0.2, 0.25) is 0 Å². The Hall–Kier alpha value is -0.500. The minimum Gasteiger partial charge on any atom is -0.316 e. The minimum absolute atomic E-state index is 0.611. The number of hydrogen-bond acceptors (Lipinski definition) is 2. The van der Waals surface area contributed by atoms with Crippen molar-refractivity contribution in [3.05, 3.63) is 12.3 Å². The smallest absolute Gasteiger partial charge is 0.0260 e. The molecule has 1 unspecified atom stereocenters. The van der Waals surface area contributed by atoms with Gasteiger partial charge >= 0.3 is 0 Å². The molecule has 66 valence electrons. The summed E-state index contributed by atoms with van der Waals surface area (Å²) in [6.07, 6.45) is 1.25. The van der Waals surface area contributed by atoms with Crippen LogP contribution in [0, 0.1) is 5.92 Å². The van der Waals surface area contributed by atoms with Crippen LogP contribution in [0.15, 0.2) is 12.3 Å². The first-order valence-corrected chi connectivity index (χ1v) is 4.29. The van der Waals surface area contributed by atoms with E-state index in [1.165, 1.54) is 12.1 Å². The van der Waals surface area contributed by atoms with Crippen molar-refractivity contribution in [2.45, 2.75) is 27.2 Å². The molecule has 0 saturated carbocycles. The molecule has 1 atom stereocenters. The summed E-state index contributed by atoms with van der Waals surface area (Å²) in [5, 5.41) is 1.98. The Balaban J connectivity index is 0.000000292. The zero-order valence-corrected chi connectivity index (χ0v) is 8.15. The first-order valence-electron chi connectivity index (χ1n) is 4.29. The molecule has 1 heterocycles. The van der Waals surface area contributed by atoms with Gasteiger partial charge in [0, 0.05) is 25.2 Å². The molecule has 2 nitrogen and oxygen atoms in total. The monoisotopic (exact) mass is 156 g/mol. The SMILES string of the molecule is C=C1C(C)CNN1C.CCC. The maximum atomic E-state index is 3.88. The molecule has 1 saturated heterocycles. The summed E-state index contributed by atoms with van der Waals surface area (Å²) in [7, 11) is 1.99. The summed E-state index contributed by atoms with van der Waals surface area (Å²) >= 11 is 0. The standard InChI is InChI=1S/C6H12N2.C3H8/c1-5-4-7-8(3)6(5)2;1-3-2/h5,7H,2,4H2,1,3H3;3H2,1-2H3. The van der Waals surface area contributed by atoms with Crippen LogP contribution in [0.5, 0.6) is 0 Å². The highest BCUT2D eigenvalue weighted by Crippen LogP contribution is 2.14. The van der Waals surface area contributed by atoms with Crippen molar-refractivity contribution >= 4 is 0 Å². The molecule has 0 aromatic carbocycles. The van der Waals surface area contributed by atoms with Gasteiger partial charge in [-0.1, -0.05) is 33.8 Å². The van der Waals surface area contributed by atoms with Gasteiger partial charge in [0.1, 0.15) is 0 Å². The predicted molar refractivity (Wildman–Crippen MR) is 50.0 cm³/mol. The Morgan fingerprint density at radius 2 is 2.09 bits per heavy atom. The van der Waals surface area contributed by atoms with Crippen LogP contribution in [-0.4, -0.2) is 18.6 Å². The van der Waals surface area contributed by atoms with Gasteiger partial charge in [0.25, 0.3) is 0 Å². The molecule has 0 aromatic rings. The average molecular weight is 156 g/mol. The topological polar surface area (TPSA) is 15.3 Å². The van der Waals surface area contributed by atoms with Crippen LogP contribution in [0.4, 0.5) is 0 Å². The largest absolute Gasteiger partial charge is 0.316 e. The van der Waals surface area contributed by atoms with E-state index in [4.69, 9.17) is 0 Å². The minimum atomic E-state index is 0.611. The lowest BCUT2D eigenvalue weighted by Crippen LogP contribution is -2.24. The molecular weight excluding hydrogens is 136 g/mol. The average Bonchev–Trinajstić information content (AvgIpc) is 2.22. The molecule has 0 aromatic heterocycles.